The summed E-state index contributed by atoms with van der Waals surface area (Å²) in [5.41, 5.74) is 1.39. The van der Waals surface area contributed by atoms with Gasteiger partial charge in [-0.2, -0.15) is 4.37 Å². The SMILES string of the molecule is Cc1nsc(SCc2ccc(C(=O)O)cc2)n1. The molecule has 2 aromatic rings. The van der Waals surface area contributed by atoms with E-state index in [9.17, 15) is 4.79 Å². The van der Waals surface area contributed by atoms with Crippen molar-refractivity contribution < 1.29 is 9.90 Å². The normalized spacial score (nSPS) is 10.4. The Morgan fingerprint density at radius 1 is 1.41 bits per heavy atom. The van der Waals surface area contributed by atoms with Crippen LogP contribution in [0.2, 0.25) is 0 Å². The fourth-order valence-corrected chi connectivity index (χ4v) is 2.83. The van der Waals surface area contributed by atoms with Gasteiger partial charge in [-0.3, -0.25) is 0 Å². The maximum absolute atomic E-state index is 10.7. The minimum Gasteiger partial charge on any atom is -0.478 e. The molecule has 1 heterocycles. The van der Waals surface area contributed by atoms with Crippen LogP contribution < -0.4 is 0 Å². The van der Waals surface area contributed by atoms with Gasteiger partial charge in [0.15, 0.2) is 4.34 Å². The van der Waals surface area contributed by atoms with Crippen molar-refractivity contribution in [3.8, 4) is 0 Å². The van der Waals surface area contributed by atoms with E-state index in [2.05, 4.69) is 9.36 Å². The molecule has 0 saturated heterocycles. The van der Waals surface area contributed by atoms with Crippen molar-refractivity contribution in [2.24, 2.45) is 0 Å². The van der Waals surface area contributed by atoms with Crippen LogP contribution in [0.5, 0.6) is 0 Å². The average Bonchev–Trinajstić information content (AvgIpc) is 2.73. The average molecular weight is 266 g/mol. The van der Waals surface area contributed by atoms with Gasteiger partial charge in [-0.15, -0.1) is 0 Å². The van der Waals surface area contributed by atoms with E-state index in [0.29, 0.717) is 5.56 Å². The first-order valence-electron chi connectivity index (χ1n) is 4.90. The van der Waals surface area contributed by atoms with Crippen LogP contribution in [0.25, 0.3) is 0 Å². The molecule has 0 aliphatic carbocycles. The van der Waals surface area contributed by atoms with Gasteiger partial charge < -0.3 is 5.11 Å². The third-order valence-electron chi connectivity index (χ3n) is 2.07. The smallest absolute Gasteiger partial charge is 0.335 e. The molecule has 1 aromatic carbocycles. The lowest BCUT2D eigenvalue weighted by Gasteiger charge is -1.99. The molecule has 1 N–H and O–H groups in total. The molecule has 6 heteroatoms. The van der Waals surface area contributed by atoms with Gasteiger partial charge in [-0.05, 0) is 36.2 Å². The number of aromatic carboxylic acids is 1. The van der Waals surface area contributed by atoms with Crippen LogP contribution in [0.3, 0.4) is 0 Å². The second-order valence-electron chi connectivity index (χ2n) is 3.40. The molecule has 0 saturated carbocycles. The third kappa shape index (κ3) is 3.28. The highest BCUT2D eigenvalue weighted by Crippen LogP contribution is 2.24. The summed E-state index contributed by atoms with van der Waals surface area (Å²) < 4.78 is 5.03. The van der Waals surface area contributed by atoms with E-state index in [1.54, 1.807) is 23.9 Å². The van der Waals surface area contributed by atoms with Crippen molar-refractivity contribution in [3.63, 3.8) is 0 Å². The predicted molar refractivity (Wildman–Crippen MR) is 67.6 cm³/mol. The van der Waals surface area contributed by atoms with Crippen molar-refractivity contribution in [1.29, 1.82) is 0 Å². The van der Waals surface area contributed by atoms with E-state index in [4.69, 9.17) is 5.11 Å². The van der Waals surface area contributed by atoms with Crippen LogP contribution in [-0.4, -0.2) is 20.4 Å². The second-order valence-corrected chi connectivity index (χ2v) is 5.37. The monoisotopic (exact) mass is 266 g/mol. The van der Waals surface area contributed by atoms with Crippen LogP contribution in [0.4, 0.5) is 0 Å². The maximum Gasteiger partial charge on any atom is 0.335 e. The molecule has 0 spiro atoms. The highest BCUT2D eigenvalue weighted by Gasteiger charge is 2.04. The minimum absolute atomic E-state index is 0.311. The van der Waals surface area contributed by atoms with Crippen LogP contribution in [0, 0.1) is 6.92 Å². The van der Waals surface area contributed by atoms with Crippen molar-refractivity contribution >= 4 is 29.3 Å². The summed E-state index contributed by atoms with van der Waals surface area (Å²) >= 11 is 2.99. The zero-order valence-corrected chi connectivity index (χ0v) is 10.7. The Morgan fingerprint density at radius 2 is 2.12 bits per heavy atom. The summed E-state index contributed by atoms with van der Waals surface area (Å²) in [5.74, 6) is 0.664. The lowest BCUT2D eigenvalue weighted by molar-refractivity contribution is 0.0697. The van der Waals surface area contributed by atoms with Gasteiger partial charge >= 0.3 is 5.97 Å². The van der Waals surface area contributed by atoms with E-state index in [1.165, 1.54) is 11.5 Å². The predicted octanol–water partition coefficient (Wildman–Crippen LogP) is 2.84. The Kier molecular flexibility index (Phi) is 3.75. The molecule has 2 rings (SSSR count). The minimum atomic E-state index is -0.899. The number of nitrogens with zero attached hydrogens (tertiary/aromatic N) is 2. The number of hydrogen-bond acceptors (Lipinski definition) is 5. The van der Waals surface area contributed by atoms with E-state index in [0.717, 1.165) is 21.5 Å². The van der Waals surface area contributed by atoms with Gasteiger partial charge in [0.05, 0.1) is 5.56 Å². The third-order valence-corrected chi connectivity index (χ3v) is 4.07. The number of rotatable bonds is 4. The van der Waals surface area contributed by atoms with Crippen molar-refractivity contribution in [3.05, 3.63) is 41.2 Å². The lowest BCUT2D eigenvalue weighted by atomic mass is 10.1. The van der Waals surface area contributed by atoms with Crippen molar-refractivity contribution in [2.75, 3.05) is 0 Å². The number of aromatic nitrogens is 2. The quantitative estimate of drug-likeness (QED) is 0.862. The summed E-state index contributed by atoms with van der Waals surface area (Å²) in [6.45, 7) is 1.86. The van der Waals surface area contributed by atoms with Gasteiger partial charge in [0.1, 0.15) is 5.82 Å². The first-order valence-corrected chi connectivity index (χ1v) is 6.66. The molecule has 0 amide bonds. The molecule has 88 valence electrons. The van der Waals surface area contributed by atoms with Crippen molar-refractivity contribution in [2.45, 2.75) is 17.0 Å². The Bertz CT molecular complexity index is 523. The first-order chi connectivity index (χ1) is 8.15. The van der Waals surface area contributed by atoms with Crippen LogP contribution in [0.1, 0.15) is 21.7 Å². The Labute approximate surface area is 107 Å². The summed E-state index contributed by atoms with van der Waals surface area (Å²) in [6.07, 6.45) is 0. The van der Waals surface area contributed by atoms with Crippen molar-refractivity contribution in [1.82, 2.24) is 9.36 Å². The standard InChI is InChI=1S/C11H10N2O2S2/c1-7-12-11(17-13-7)16-6-8-2-4-9(5-3-8)10(14)15/h2-5H,6H2,1H3,(H,14,15). The van der Waals surface area contributed by atoms with Gasteiger partial charge in [0.25, 0.3) is 0 Å². The number of hydrogen-bond donors (Lipinski definition) is 1. The highest BCUT2D eigenvalue weighted by molar-refractivity contribution is 8.00. The molecular formula is C11H10N2O2S2. The van der Waals surface area contributed by atoms with E-state index >= 15 is 0 Å². The van der Waals surface area contributed by atoms with Crippen LogP contribution in [-0.2, 0) is 5.75 Å². The van der Waals surface area contributed by atoms with E-state index < -0.39 is 5.97 Å². The molecular weight excluding hydrogens is 256 g/mol. The Balaban J connectivity index is 1.97. The molecule has 0 aliphatic rings. The number of benzene rings is 1. The first kappa shape index (κ1) is 12.1. The largest absolute Gasteiger partial charge is 0.478 e. The fourth-order valence-electron chi connectivity index (χ4n) is 1.23. The van der Waals surface area contributed by atoms with Gasteiger partial charge in [-0.1, -0.05) is 23.9 Å². The maximum atomic E-state index is 10.7. The molecule has 4 nitrogen and oxygen atoms in total. The molecule has 0 bridgehead atoms. The zero-order chi connectivity index (χ0) is 12.3. The van der Waals surface area contributed by atoms with Gasteiger partial charge in [0.2, 0.25) is 0 Å². The Hall–Kier alpha value is -1.40. The lowest BCUT2D eigenvalue weighted by Crippen LogP contribution is -1.95. The highest BCUT2D eigenvalue weighted by atomic mass is 32.2. The molecule has 17 heavy (non-hydrogen) atoms. The summed E-state index contributed by atoms with van der Waals surface area (Å²) in [6, 6.07) is 6.88. The van der Waals surface area contributed by atoms with Gasteiger partial charge in [-0.25, -0.2) is 9.78 Å². The molecule has 0 fully saturated rings. The molecule has 1 aromatic heterocycles. The summed E-state index contributed by atoms with van der Waals surface area (Å²) in [7, 11) is 0. The van der Waals surface area contributed by atoms with E-state index in [-0.39, 0.29) is 0 Å². The zero-order valence-electron chi connectivity index (χ0n) is 9.08. The molecule has 0 radical (unpaired) electrons. The van der Waals surface area contributed by atoms with Crippen LogP contribution in [0.15, 0.2) is 28.6 Å². The molecule has 0 atom stereocenters. The second kappa shape index (κ2) is 5.29. The Morgan fingerprint density at radius 3 is 2.65 bits per heavy atom. The topological polar surface area (TPSA) is 63.1 Å². The summed E-state index contributed by atoms with van der Waals surface area (Å²) in [5, 5.41) is 8.76. The number of carbonyl (C=O) groups is 1. The van der Waals surface area contributed by atoms with E-state index in [1.807, 2.05) is 19.1 Å². The fraction of sp³-hybridized carbons (Fsp3) is 0.182. The number of carboxylic acid groups (broad SMARTS) is 1. The molecule has 0 aliphatic heterocycles. The summed E-state index contributed by atoms with van der Waals surface area (Å²) in [4.78, 5) is 14.9. The van der Waals surface area contributed by atoms with Gasteiger partial charge in [0, 0.05) is 5.75 Å². The van der Waals surface area contributed by atoms with Crippen LogP contribution >= 0.6 is 23.3 Å². The number of aryl methyl sites for hydroxylation is 1. The number of thioether (sulfide) groups is 1. The molecule has 0 unspecified atom stereocenters. The number of carboxylic acids is 1.